The summed E-state index contributed by atoms with van der Waals surface area (Å²) in [5.74, 6) is -0.233. The second-order valence-electron chi connectivity index (χ2n) is 7.29. The van der Waals surface area contributed by atoms with Gasteiger partial charge in [0.25, 0.3) is 5.91 Å². The van der Waals surface area contributed by atoms with Crippen LogP contribution in [0.3, 0.4) is 0 Å². The van der Waals surface area contributed by atoms with Crippen molar-refractivity contribution in [2.45, 2.75) is 37.3 Å². The molecule has 1 aliphatic rings. The monoisotopic (exact) mass is 462 g/mol. The SMILES string of the molecule is CCC(C)NS(=O)(=O)c1ccc(OCC(=O)N2CC(C(=O)OC)Oc3ccccc32)cc1. The second kappa shape index (κ2) is 10.0. The van der Waals surface area contributed by atoms with E-state index in [2.05, 4.69) is 4.72 Å². The Kier molecular flexibility index (Phi) is 7.37. The van der Waals surface area contributed by atoms with E-state index >= 15 is 0 Å². The molecule has 2 aromatic carbocycles. The van der Waals surface area contributed by atoms with E-state index in [1.165, 1.54) is 36.3 Å². The Morgan fingerprint density at radius 1 is 1.19 bits per heavy atom. The second-order valence-corrected chi connectivity index (χ2v) is 9.01. The molecule has 2 unspecified atom stereocenters. The minimum absolute atomic E-state index is 0.00958. The topological polar surface area (TPSA) is 111 Å². The number of carbonyl (C=O) groups is 2. The molecule has 2 aromatic rings. The lowest BCUT2D eigenvalue weighted by Crippen LogP contribution is -2.48. The normalized spacial score (nSPS) is 16.5. The molecule has 0 aliphatic carbocycles. The first-order valence-electron chi connectivity index (χ1n) is 10.1. The van der Waals surface area contributed by atoms with Crippen molar-refractivity contribution >= 4 is 27.6 Å². The number of hydrogen-bond acceptors (Lipinski definition) is 7. The van der Waals surface area contributed by atoms with Gasteiger partial charge in [0.05, 0.1) is 24.2 Å². The number of fused-ring (bicyclic) bond motifs is 1. The Balaban J connectivity index is 1.68. The third-order valence-corrected chi connectivity index (χ3v) is 6.61. The molecule has 0 spiro atoms. The number of carbonyl (C=O) groups excluding carboxylic acids is 2. The standard InChI is InChI=1S/C22H26N2O7S/c1-4-15(2)23-32(27,28)17-11-9-16(10-12-17)30-14-21(25)24-13-20(22(26)29-3)31-19-8-6-5-7-18(19)24/h5-12,15,20,23H,4,13-14H2,1-3H3. The number of benzene rings is 2. The Morgan fingerprint density at radius 3 is 2.53 bits per heavy atom. The fourth-order valence-electron chi connectivity index (χ4n) is 3.08. The van der Waals surface area contributed by atoms with Gasteiger partial charge in [-0.3, -0.25) is 4.79 Å². The summed E-state index contributed by atoms with van der Waals surface area (Å²) in [6.07, 6.45) is -0.273. The quantitative estimate of drug-likeness (QED) is 0.598. The highest BCUT2D eigenvalue weighted by Gasteiger charge is 2.34. The van der Waals surface area contributed by atoms with Crippen molar-refractivity contribution in [1.82, 2.24) is 4.72 Å². The number of nitrogens with zero attached hydrogens (tertiary/aromatic N) is 1. The highest BCUT2D eigenvalue weighted by molar-refractivity contribution is 7.89. The zero-order valence-corrected chi connectivity index (χ0v) is 18.9. The van der Waals surface area contributed by atoms with Crippen LogP contribution in [-0.4, -0.2) is 52.7 Å². The number of esters is 1. The summed E-state index contributed by atoms with van der Waals surface area (Å²) in [7, 11) is -2.37. The molecule has 9 nitrogen and oxygen atoms in total. The Bertz CT molecular complexity index is 1070. The molecule has 0 aromatic heterocycles. The van der Waals surface area contributed by atoms with Gasteiger partial charge < -0.3 is 19.1 Å². The first-order chi connectivity index (χ1) is 15.2. The maximum absolute atomic E-state index is 12.9. The molecule has 1 heterocycles. The van der Waals surface area contributed by atoms with Gasteiger partial charge in [0.2, 0.25) is 16.1 Å². The van der Waals surface area contributed by atoms with E-state index in [1.807, 2.05) is 6.92 Å². The van der Waals surface area contributed by atoms with Crippen LogP contribution < -0.4 is 19.1 Å². The molecule has 0 bridgehead atoms. The number of ether oxygens (including phenoxy) is 3. The minimum atomic E-state index is -3.63. The van der Waals surface area contributed by atoms with Crippen molar-refractivity contribution in [3.05, 3.63) is 48.5 Å². The summed E-state index contributed by atoms with van der Waals surface area (Å²) >= 11 is 0. The van der Waals surface area contributed by atoms with E-state index in [0.717, 1.165) is 0 Å². The molecule has 172 valence electrons. The van der Waals surface area contributed by atoms with E-state index in [9.17, 15) is 18.0 Å². The molecule has 1 amide bonds. The van der Waals surface area contributed by atoms with Gasteiger partial charge in [0, 0.05) is 6.04 Å². The van der Waals surface area contributed by atoms with Crippen LogP contribution in [0.5, 0.6) is 11.5 Å². The number of para-hydroxylation sites is 2. The predicted octanol–water partition coefficient (Wildman–Crippen LogP) is 2.11. The van der Waals surface area contributed by atoms with Crippen LogP contribution in [0.1, 0.15) is 20.3 Å². The van der Waals surface area contributed by atoms with Gasteiger partial charge in [-0.15, -0.1) is 0 Å². The zero-order valence-electron chi connectivity index (χ0n) is 18.1. The maximum atomic E-state index is 12.9. The van der Waals surface area contributed by atoms with Gasteiger partial charge in [-0.25, -0.2) is 17.9 Å². The lowest BCUT2D eigenvalue weighted by molar-refractivity contribution is -0.148. The summed E-state index contributed by atoms with van der Waals surface area (Å²) in [5.41, 5.74) is 0.527. The van der Waals surface area contributed by atoms with Crippen LogP contribution >= 0.6 is 0 Å². The highest BCUT2D eigenvalue weighted by atomic mass is 32.2. The Hall–Kier alpha value is -3.11. The summed E-state index contributed by atoms with van der Waals surface area (Å²) in [6.45, 7) is 3.36. The number of rotatable bonds is 8. The molecule has 3 rings (SSSR count). The third-order valence-electron chi connectivity index (χ3n) is 5.00. The average Bonchev–Trinajstić information content (AvgIpc) is 2.81. The number of sulfonamides is 1. The van der Waals surface area contributed by atoms with Gasteiger partial charge in [0.1, 0.15) is 11.5 Å². The van der Waals surface area contributed by atoms with Crippen molar-refractivity contribution in [3.63, 3.8) is 0 Å². The minimum Gasteiger partial charge on any atom is -0.484 e. The molecule has 1 N–H and O–H groups in total. The average molecular weight is 463 g/mol. The van der Waals surface area contributed by atoms with E-state index < -0.39 is 22.1 Å². The smallest absolute Gasteiger partial charge is 0.348 e. The van der Waals surface area contributed by atoms with Crippen molar-refractivity contribution < 1.29 is 32.2 Å². The number of anilines is 1. The van der Waals surface area contributed by atoms with Crippen LogP contribution in [0, 0.1) is 0 Å². The lowest BCUT2D eigenvalue weighted by Gasteiger charge is -2.33. The van der Waals surface area contributed by atoms with Gasteiger partial charge in [0.15, 0.2) is 6.61 Å². The van der Waals surface area contributed by atoms with Crippen LogP contribution in [0.25, 0.3) is 0 Å². The Labute approximate surface area is 187 Å². The van der Waals surface area contributed by atoms with Gasteiger partial charge in [-0.1, -0.05) is 19.1 Å². The maximum Gasteiger partial charge on any atom is 0.348 e. The molecule has 0 saturated carbocycles. The molecule has 10 heteroatoms. The largest absolute Gasteiger partial charge is 0.484 e. The third kappa shape index (κ3) is 5.38. The number of hydrogen-bond donors (Lipinski definition) is 1. The van der Waals surface area contributed by atoms with Crippen LogP contribution in [0.15, 0.2) is 53.4 Å². The molecule has 0 radical (unpaired) electrons. The van der Waals surface area contributed by atoms with Gasteiger partial charge in [-0.2, -0.15) is 0 Å². The molecular weight excluding hydrogens is 436 g/mol. The van der Waals surface area contributed by atoms with Gasteiger partial charge in [-0.05, 0) is 49.7 Å². The van der Waals surface area contributed by atoms with Gasteiger partial charge >= 0.3 is 5.97 Å². The van der Waals surface area contributed by atoms with Crippen molar-refractivity contribution in [1.29, 1.82) is 0 Å². The number of nitrogens with one attached hydrogen (secondary N) is 1. The molecule has 2 atom stereocenters. The summed E-state index contributed by atoms with van der Waals surface area (Å²) < 4.78 is 43.2. The van der Waals surface area contributed by atoms with E-state index in [4.69, 9.17) is 14.2 Å². The number of amides is 1. The number of methoxy groups -OCH3 is 1. The fourth-order valence-corrected chi connectivity index (χ4v) is 4.41. The van der Waals surface area contributed by atoms with E-state index in [1.54, 1.807) is 31.2 Å². The van der Waals surface area contributed by atoms with Crippen LogP contribution in [0.2, 0.25) is 0 Å². The zero-order chi connectivity index (χ0) is 23.3. The molecule has 0 fully saturated rings. The summed E-state index contributed by atoms with van der Waals surface area (Å²) in [5, 5.41) is 0. The Morgan fingerprint density at radius 2 is 1.88 bits per heavy atom. The summed E-state index contributed by atoms with van der Waals surface area (Å²) in [4.78, 5) is 26.3. The lowest BCUT2D eigenvalue weighted by atomic mass is 10.2. The molecule has 1 aliphatic heterocycles. The highest BCUT2D eigenvalue weighted by Crippen LogP contribution is 2.33. The first kappa shape index (κ1) is 23.6. The van der Waals surface area contributed by atoms with Crippen LogP contribution in [-0.2, 0) is 24.3 Å². The van der Waals surface area contributed by atoms with E-state index in [-0.39, 0.29) is 30.0 Å². The predicted molar refractivity (Wildman–Crippen MR) is 117 cm³/mol. The molecule has 32 heavy (non-hydrogen) atoms. The molecular formula is C22H26N2O7S. The fraction of sp³-hybridized carbons (Fsp3) is 0.364. The van der Waals surface area contributed by atoms with Crippen molar-refractivity contribution in [2.24, 2.45) is 0 Å². The van der Waals surface area contributed by atoms with Crippen molar-refractivity contribution in [2.75, 3.05) is 25.2 Å². The summed E-state index contributed by atoms with van der Waals surface area (Å²) in [6, 6.07) is 12.5. The first-order valence-corrected chi connectivity index (χ1v) is 11.6. The van der Waals surface area contributed by atoms with E-state index in [0.29, 0.717) is 23.6 Å². The van der Waals surface area contributed by atoms with Crippen molar-refractivity contribution in [3.8, 4) is 11.5 Å². The molecule has 0 saturated heterocycles. The van der Waals surface area contributed by atoms with Crippen LogP contribution in [0.4, 0.5) is 5.69 Å².